The molecule has 0 radical (unpaired) electrons. The summed E-state index contributed by atoms with van der Waals surface area (Å²) in [6, 6.07) is 16.9. The summed E-state index contributed by atoms with van der Waals surface area (Å²) < 4.78 is 2.03. The maximum absolute atomic E-state index is 5.55. The highest BCUT2D eigenvalue weighted by atomic mass is 32.1. The zero-order valence-electron chi connectivity index (χ0n) is 17.9. The summed E-state index contributed by atoms with van der Waals surface area (Å²) in [4.78, 5) is 0. The molecule has 4 nitrogen and oxygen atoms in total. The van der Waals surface area contributed by atoms with Gasteiger partial charge < -0.3 is 10.6 Å². The molecule has 0 amide bonds. The van der Waals surface area contributed by atoms with Crippen molar-refractivity contribution in [1.82, 2.24) is 9.78 Å². The molecule has 0 aliphatic rings. The predicted octanol–water partition coefficient (Wildman–Crippen LogP) is 6.18. The second-order valence-electron chi connectivity index (χ2n) is 7.64. The number of hydrogen-bond acceptors (Lipinski definition) is 2. The van der Waals surface area contributed by atoms with Crippen LogP contribution in [0.3, 0.4) is 0 Å². The molecule has 0 aliphatic heterocycles. The normalized spacial score (nSPS) is 11.9. The van der Waals surface area contributed by atoms with Crippen molar-refractivity contribution in [3.05, 3.63) is 76.6 Å². The topological polar surface area (TPSA) is 41.9 Å². The molecule has 0 fully saturated rings. The molecule has 152 valence electrons. The predicted molar refractivity (Wildman–Crippen MR) is 127 cm³/mol. The van der Waals surface area contributed by atoms with Gasteiger partial charge in [0.1, 0.15) is 0 Å². The summed E-state index contributed by atoms with van der Waals surface area (Å²) in [5.41, 5.74) is 7.85. The van der Waals surface area contributed by atoms with Gasteiger partial charge in [0.05, 0.1) is 23.6 Å². The second-order valence-corrected chi connectivity index (χ2v) is 8.05. The fraction of sp³-hybridized carbons (Fsp3) is 0.333. The van der Waals surface area contributed by atoms with Gasteiger partial charge >= 0.3 is 0 Å². The van der Waals surface area contributed by atoms with Crippen LogP contribution in [-0.2, 0) is 6.54 Å². The lowest BCUT2D eigenvalue weighted by molar-refractivity contribution is 0.657. The number of aryl methyl sites for hydroxylation is 2. The minimum Gasteiger partial charge on any atom is -0.332 e. The first-order chi connectivity index (χ1) is 13.9. The third-order valence-corrected chi connectivity index (χ3v) is 5.76. The smallest absolute Gasteiger partial charge is 0.175 e. The highest BCUT2D eigenvalue weighted by Crippen LogP contribution is 2.23. The summed E-state index contributed by atoms with van der Waals surface area (Å²) in [5.74, 6) is 0.568. The lowest BCUT2D eigenvalue weighted by atomic mass is 9.99. The molecule has 5 heteroatoms. The Bertz CT molecular complexity index is 989. The first-order valence-electron chi connectivity index (χ1n) is 10.2. The van der Waals surface area contributed by atoms with Crippen LogP contribution in [0.25, 0.3) is 0 Å². The summed E-state index contributed by atoms with van der Waals surface area (Å²) >= 11 is 5.55. The zero-order valence-corrected chi connectivity index (χ0v) is 18.7. The Kier molecular flexibility index (Phi) is 6.70. The van der Waals surface area contributed by atoms with E-state index in [1.165, 1.54) is 16.7 Å². The summed E-state index contributed by atoms with van der Waals surface area (Å²) in [6.07, 6.45) is 1.14. The molecule has 2 N–H and O–H groups in total. The van der Waals surface area contributed by atoms with Gasteiger partial charge in [0, 0.05) is 5.69 Å². The Morgan fingerprint density at radius 1 is 1.03 bits per heavy atom. The molecular weight excluding hydrogens is 376 g/mol. The Balaban J connectivity index is 1.69. The number of rotatable bonds is 6. The van der Waals surface area contributed by atoms with Crippen molar-refractivity contribution in [1.29, 1.82) is 0 Å². The van der Waals surface area contributed by atoms with Crippen molar-refractivity contribution in [2.75, 3.05) is 10.6 Å². The molecule has 0 bridgehead atoms. The van der Waals surface area contributed by atoms with Crippen molar-refractivity contribution in [3.63, 3.8) is 0 Å². The number of nitrogens with one attached hydrogen (secondary N) is 2. The Morgan fingerprint density at radius 3 is 2.38 bits per heavy atom. The number of benzene rings is 2. The van der Waals surface area contributed by atoms with E-state index >= 15 is 0 Å². The Hall–Kier alpha value is -2.66. The van der Waals surface area contributed by atoms with Crippen LogP contribution in [0.4, 0.5) is 11.4 Å². The summed E-state index contributed by atoms with van der Waals surface area (Å²) in [6.45, 7) is 11.4. The fourth-order valence-electron chi connectivity index (χ4n) is 3.39. The molecule has 3 aromatic rings. The summed E-state index contributed by atoms with van der Waals surface area (Å²) in [5, 5.41) is 11.9. The number of aromatic nitrogens is 2. The number of nitrogens with zero attached hydrogens (tertiary/aromatic N) is 2. The van der Waals surface area contributed by atoms with Gasteiger partial charge in [-0.05, 0) is 74.2 Å². The fourth-order valence-corrected chi connectivity index (χ4v) is 3.61. The van der Waals surface area contributed by atoms with Gasteiger partial charge in [-0.25, -0.2) is 0 Å². The maximum atomic E-state index is 5.55. The Morgan fingerprint density at radius 2 is 1.72 bits per heavy atom. The number of thiocarbonyl (C=S) groups is 1. The molecule has 3 rings (SSSR count). The third kappa shape index (κ3) is 5.04. The molecule has 0 saturated carbocycles. The lowest BCUT2D eigenvalue weighted by Crippen LogP contribution is -2.20. The summed E-state index contributed by atoms with van der Waals surface area (Å²) in [7, 11) is 0. The van der Waals surface area contributed by atoms with Crippen molar-refractivity contribution < 1.29 is 0 Å². The van der Waals surface area contributed by atoms with Gasteiger partial charge in [-0.3, -0.25) is 4.68 Å². The van der Waals surface area contributed by atoms with Crippen LogP contribution in [-0.4, -0.2) is 14.9 Å². The average molecular weight is 407 g/mol. The molecule has 0 aliphatic carbocycles. The van der Waals surface area contributed by atoms with Gasteiger partial charge in [-0.15, -0.1) is 0 Å². The van der Waals surface area contributed by atoms with E-state index in [4.69, 9.17) is 17.3 Å². The zero-order chi connectivity index (χ0) is 21.0. The molecule has 1 heterocycles. The van der Waals surface area contributed by atoms with Crippen LogP contribution in [0.15, 0.2) is 48.5 Å². The standard InChI is InChI=1S/C24H30N4S/c1-6-16(2)20-11-13-22(14-12-20)25-24(29)26-23-18(4)27-28(19(23)5)15-21-10-8-7-9-17(21)3/h7-14,16H,6,15H2,1-5H3,(H2,25,26,29). The monoisotopic (exact) mass is 406 g/mol. The van der Waals surface area contributed by atoms with Crippen LogP contribution in [0.5, 0.6) is 0 Å². The molecule has 29 heavy (non-hydrogen) atoms. The first-order valence-corrected chi connectivity index (χ1v) is 10.6. The van der Waals surface area contributed by atoms with Gasteiger partial charge in [0.25, 0.3) is 0 Å². The number of anilines is 2. The van der Waals surface area contributed by atoms with Gasteiger partial charge in [-0.1, -0.05) is 50.2 Å². The lowest BCUT2D eigenvalue weighted by Gasteiger charge is -2.13. The van der Waals surface area contributed by atoms with Gasteiger partial charge in [0.2, 0.25) is 0 Å². The SMILES string of the molecule is CCC(C)c1ccc(NC(=S)Nc2c(C)nn(Cc3ccccc3C)c2C)cc1. The molecule has 0 saturated heterocycles. The van der Waals surface area contributed by atoms with Gasteiger partial charge in [-0.2, -0.15) is 5.10 Å². The van der Waals surface area contributed by atoms with Crippen LogP contribution in [0.2, 0.25) is 0 Å². The highest BCUT2D eigenvalue weighted by Gasteiger charge is 2.14. The van der Waals surface area contributed by atoms with Crippen LogP contribution >= 0.6 is 12.2 Å². The van der Waals surface area contributed by atoms with E-state index in [-0.39, 0.29) is 0 Å². The maximum Gasteiger partial charge on any atom is 0.175 e. The van der Waals surface area contributed by atoms with Gasteiger partial charge in [0.15, 0.2) is 5.11 Å². The Labute approximate surface area is 179 Å². The molecular formula is C24H30N4S. The molecule has 2 aromatic carbocycles. The van der Waals surface area contributed by atoms with Crippen molar-refractivity contribution in [2.24, 2.45) is 0 Å². The van der Waals surface area contributed by atoms with E-state index in [9.17, 15) is 0 Å². The quantitative estimate of drug-likeness (QED) is 0.480. The molecule has 0 spiro atoms. The van der Waals surface area contributed by atoms with Crippen LogP contribution in [0, 0.1) is 20.8 Å². The van der Waals surface area contributed by atoms with E-state index in [2.05, 4.69) is 86.9 Å². The highest BCUT2D eigenvalue weighted by molar-refractivity contribution is 7.80. The average Bonchev–Trinajstić information content (AvgIpc) is 2.97. The van der Waals surface area contributed by atoms with E-state index in [1.54, 1.807) is 0 Å². The minimum atomic E-state index is 0.568. The second kappa shape index (κ2) is 9.23. The van der Waals surface area contributed by atoms with Crippen molar-refractivity contribution in [2.45, 2.75) is 53.5 Å². The van der Waals surface area contributed by atoms with Crippen LogP contribution in [0.1, 0.15) is 54.3 Å². The number of hydrogen-bond donors (Lipinski definition) is 2. The van der Waals surface area contributed by atoms with E-state index in [0.29, 0.717) is 11.0 Å². The van der Waals surface area contributed by atoms with E-state index < -0.39 is 0 Å². The van der Waals surface area contributed by atoms with Crippen LogP contribution < -0.4 is 10.6 Å². The molecule has 1 aromatic heterocycles. The molecule has 1 atom stereocenters. The molecule has 1 unspecified atom stereocenters. The first kappa shape index (κ1) is 21.1. The minimum absolute atomic E-state index is 0.568. The third-order valence-electron chi connectivity index (χ3n) is 5.55. The van der Waals surface area contributed by atoms with Crippen molar-refractivity contribution in [3.8, 4) is 0 Å². The van der Waals surface area contributed by atoms with Crippen molar-refractivity contribution >= 4 is 28.7 Å². The van der Waals surface area contributed by atoms with E-state index in [0.717, 1.165) is 35.7 Å². The largest absolute Gasteiger partial charge is 0.332 e. The van der Waals surface area contributed by atoms with E-state index in [1.807, 2.05) is 11.6 Å².